The van der Waals surface area contributed by atoms with Crippen LogP contribution in [0.4, 0.5) is 0 Å². The van der Waals surface area contributed by atoms with Crippen LogP contribution in [0.5, 0.6) is 0 Å². The molecule has 92 valence electrons. The van der Waals surface area contributed by atoms with E-state index in [9.17, 15) is 4.79 Å². The number of hydrogen-bond donors (Lipinski definition) is 1. The molecule has 0 aliphatic heterocycles. The molecule has 2 N–H and O–H groups in total. The van der Waals surface area contributed by atoms with Gasteiger partial charge in [-0.3, -0.25) is 4.79 Å². The Labute approximate surface area is 103 Å². The van der Waals surface area contributed by atoms with Gasteiger partial charge in [-0.25, -0.2) is 0 Å². The van der Waals surface area contributed by atoms with E-state index in [1.165, 1.54) is 18.4 Å². The van der Waals surface area contributed by atoms with Crippen LogP contribution in [0.25, 0.3) is 0 Å². The standard InChI is InChI=1S/C15H21NO/c1-11(10-16)12-6-8-14(9-7-12)15(17)13-4-2-3-5-13/h6-9,11,13H,2-5,10,16H2,1H3. The summed E-state index contributed by atoms with van der Waals surface area (Å²) in [5.41, 5.74) is 7.72. The summed E-state index contributed by atoms with van der Waals surface area (Å²) >= 11 is 0. The summed E-state index contributed by atoms with van der Waals surface area (Å²) in [7, 11) is 0. The predicted molar refractivity (Wildman–Crippen MR) is 70.2 cm³/mol. The van der Waals surface area contributed by atoms with Crippen molar-refractivity contribution in [2.24, 2.45) is 11.7 Å². The number of ketones is 1. The van der Waals surface area contributed by atoms with E-state index in [0.29, 0.717) is 18.2 Å². The third-order valence-electron chi connectivity index (χ3n) is 3.84. The van der Waals surface area contributed by atoms with Crippen molar-refractivity contribution in [2.75, 3.05) is 6.54 Å². The SMILES string of the molecule is CC(CN)c1ccc(C(=O)C2CCCC2)cc1. The second-order valence-electron chi connectivity index (χ2n) is 5.10. The maximum absolute atomic E-state index is 12.2. The normalized spacial score (nSPS) is 18.2. The molecule has 2 heteroatoms. The van der Waals surface area contributed by atoms with Crippen molar-refractivity contribution in [1.29, 1.82) is 0 Å². The van der Waals surface area contributed by atoms with Gasteiger partial charge in [-0.1, -0.05) is 44.0 Å². The highest BCUT2D eigenvalue weighted by molar-refractivity contribution is 5.98. The first-order chi connectivity index (χ1) is 8.22. The van der Waals surface area contributed by atoms with Crippen LogP contribution in [0.15, 0.2) is 24.3 Å². The van der Waals surface area contributed by atoms with Crippen molar-refractivity contribution >= 4 is 5.78 Å². The number of hydrogen-bond acceptors (Lipinski definition) is 2. The molecule has 17 heavy (non-hydrogen) atoms. The Balaban J connectivity index is 2.09. The highest BCUT2D eigenvalue weighted by atomic mass is 16.1. The summed E-state index contributed by atoms with van der Waals surface area (Å²) in [5, 5.41) is 0. The number of nitrogens with two attached hydrogens (primary N) is 1. The molecule has 0 spiro atoms. The maximum atomic E-state index is 12.2. The molecular formula is C15H21NO. The van der Waals surface area contributed by atoms with Crippen molar-refractivity contribution in [1.82, 2.24) is 0 Å². The summed E-state index contributed by atoms with van der Waals surface area (Å²) in [6, 6.07) is 8.00. The molecule has 0 saturated heterocycles. The van der Waals surface area contributed by atoms with Gasteiger partial charge in [0.1, 0.15) is 0 Å². The van der Waals surface area contributed by atoms with Crippen LogP contribution in [0.1, 0.15) is 54.4 Å². The molecular weight excluding hydrogens is 210 g/mol. The maximum Gasteiger partial charge on any atom is 0.165 e. The lowest BCUT2D eigenvalue weighted by molar-refractivity contribution is 0.0923. The number of carbonyl (C=O) groups excluding carboxylic acids is 1. The minimum absolute atomic E-state index is 0.271. The third kappa shape index (κ3) is 2.75. The van der Waals surface area contributed by atoms with Gasteiger partial charge in [-0.2, -0.15) is 0 Å². The molecule has 1 unspecified atom stereocenters. The van der Waals surface area contributed by atoms with Gasteiger partial charge < -0.3 is 5.73 Å². The zero-order valence-corrected chi connectivity index (χ0v) is 10.5. The molecule has 1 atom stereocenters. The lowest BCUT2D eigenvalue weighted by Gasteiger charge is -2.11. The molecule has 1 fully saturated rings. The van der Waals surface area contributed by atoms with Crippen molar-refractivity contribution in [3.05, 3.63) is 35.4 Å². The van der Waals surface area contributed by atoms with E-state index in [2.05, 4.69) is 6.92 Å². The molecule has 0 radical (unpaired) electrons. The van der Waals surface area contributed by atoms with Crippen LogP contribution in [0.2, 0.25) is 0 Å². The molecule has 1 aliphatic carbocycles. The predicted octanol–water partition coefficient (Wildman–Crippen LogP) is 3.12. The van der Waals surface area contributed by atoms with Gasteiger partial charge in [0.15, 0.2) is 5.78 Å². The Morgan fingerprint density at radius 3 is 2.41 bits per heavy atom. The quantitative estimate of drug-likeness (QED) is 0.809. The second kappa shape index (κ2) is 5.46. The number of Topliss-reactive ketones (excluding diaryl/α,β-unsaturated/α-hetero) is 1. The molecule has 1 aromatic rings. The smallest absolute Gasteiger partial charge is 0.165 e. The fourth-order valence-corrected chi connectivity index (χ4v) is 2.54. The van der Waals surface area contributed by atoms with Gasteiger partial charge in [0.05, 0.1) is 0 Å². The third-order valence-corrected chi connectivity index (χ3v) is 3.84. The van der Waals surface area contributed by atoms with Crippen molar-refractivity contribution in [2.45, 2.75) is 38.5 Å². The van der Waals surface area contributed by atoms with E-state index in [0.717, 1.165) is 18.4 Å². The summed E-state index contributed by atoms with van der Waals surface area (Å²) in [6.07, 6.45) is 4.55. The second-order valence-corrected chi connectivity index (χ2v) is 5.10. The van der Waals surface area contributed by atoms with Crippen LogP contribution < -0.4 is 5.73 Å². The van der Waals surface area contributed by atoms with Gasteiger partial charge in [0.25, 0.3) is 0 Å². The molecule has 1 aliphatic rings. The van der Waals surface area contributed by atoms with E-state index >= 15 is 0 Å². The summed E-state index contributed by atoms with van der Waals surface area (Å²) < 4.78 is 0. The van der Waals surface area contributed by atoms with E-state index in [1.807, 2.05) is 24.3 Å². The summed E-state index contributed by atoms with van der Waals surface area (Å²) in [6.45, 7) is 2.75. The molecule has 0 heterocycles. The minimum Gasteiger partial charge on any atom is -0.330 e. The lowest BCUT2D eigenvalue weighted by atomic mass is 9.93. The van der Waals surface area contributed by atoms with Crippen LogP contribution >= 0.6 is 0 Å². The Hall–Kier alpha value is -1.15. The molecule has 1 aromatic carbocycles. The van der Waals surface area contributed by atoms with E-state index in [4.69, 9.17) is 5.73 Å². The lowest BCUT2D eigenvalue weighted by Crippen LogP contribution is -2.12. The first-order valence-electron chi connectivity index (χ1n) is 6.56. The van der Waals surface area contributed by atoms with Crippen molar-refractivity contribution in [3.63, 3.8) is 0 Å². The first kappa shape index (κ1) is 12.3. The molecule has 2 rings (SSSR count). The topological polar surface area (TPSA) is 43.1 Å². The fraction of sp³-hybridized carbons (Fsp3) is 0.533. The number of benzene rings is 1. The van der Waals surface area contributed by atoms with E-state index < -0.39 is 0 Å². The molecule has 2 nitrogen and oxygen atoms in total. The Bertz CT molecular complexity index is 376. The Morgan fingerprint density at radius 1 is 1.29 bits per heavy atom. The van der Waals surface area contributed by atoms with Crippen LogP contribution in [-0.2, 0) is 0 Å². The molecule has 0 aromatic heterocycles. The number of rotatable bonds is 4. The van der Waals surface area contributed by atoms with Crippen LogP contribution in [-0.4, -0.2) is 12.3 Å². The van der Waals surface area contributed by atoms with Crippen LogP contribution in [0, 0.1) is 5.92 Å². The van der Waals surface area contributed by atoms with E-state index in [1.54, 1.807) is 0 Å². The molecule has 1 saturated carbocycles. The Kier molecular flexibility index (Phi) is 3.95. The zero-order valence-electron chi connectivity index (χ0n) is 10.5. The van der Waals surface area contributed by atoms with Crippen LogP contribution in [0.3, 0.4) is 0 Å². The van der Waals surface area contributed by atoms with Crippen molar-refractivity contribution < 1.29 is 4.79 Å². The first-order valence-corrected chi connectivity index (χ1v) is 6.56. The van der Waals surface area contributed by atoms with Crippen molar-refractivity contribution in [3.8, 4) is 0 Å². The fourth-order valence-electron chi connectivity index (χ4n) is 2.54. The molecule has 0 amide bonds. The van der Waals surface area contributed by atoms with Gasteiger partial charge in [0.2, 0.25) is 0 Å². The van der Waals surface area contributed by atoms with Gasteiger partial charge >= 0.3 is 0 Å². The highest BCUT2D eigenvalue weighted by Gasteiger charge is 2.23. The summed E-state index contributed by atoms with van der Waals surface area (Å²) in [4.78, 5) is 12.2. The monoisotopic (exact) mass is 231 g/mol. The van der Waals surface area contributed by atoms with E-state index in [-0.39, 0.29) is 5.92 Å². The minimum atomic E-state index is 0.271. The van der Waals surface area contributed by atoms with Gasteiger partial charge in [-0.05, 0) is 30.9 Å². The largest absolute Gasteiger partial charge is 0.330 e. The zero-order chi connectivity index (χ0) is 12.3. The highest BCUT2D eigenvalue weighted by Crippen LogP contribution is 2.28. The number of carbonyl (C=O) groups is 1. The Morgan fingerprint density at radius 2 is 1.88 bits per heavy atom. The summed E-state index contributed by atoms with van der Waals surface area (Å²) in [5.74, 6) is 0.966. The average molecular weight is 231 g/mol. The van der Waals surface area contributed by atoms with Gasteiger partial charge in [0, 0.05) is 11.5 Å². The average Bonchev–Trinajstić information content (AvgIpc) is 2.91. The van der Waals surface area contributed by atoms with Gasteiger partial charge in [-0.15, -0.1) is 0 Å². The molecule has 0 bridgehead atoms.